The van der Waals surface area contributed by atoms with Gasteiger partial charge < -0.3 is 10.8 Å². The third-order valence-electron chi connectivity index (χ3n) is 0.936. The highest BCUT2D eigenvalue weighted by Crippen LogP contribution is 1.91. The first kappa shape index (κ1) is 9.81. The first-order chi connectivity index (χ1) is 5.35. The van der Waals surface area contributed by atoms with Crippen LogP contribution in [0, 0.1) is 0 Å². The zero-order valence-electron chi connectivity index (χ0n) is 6.10. The molecule has 3 nitrogen and oxygen atoms in total. The molecule has 0 saturated carbocycles. The van der Waals surface area contributed by atoms with Crippen LogP contribution in [-0.2, 0) is 0 Å². The summed E-state index contributed by atoms with van der Waals surface area (Å²) < 4.78 is 0. The molecule has 0 spiro atoms. The van der Waals surface area contributed by atoms with Crippen LogP contribution in [0.1, 0.15) is 10.4 Å². The summed E-state index contributed by atoms with van der Waals surface area (Å²) in [5, 5.41) is 7.35. The molecule has 0 atom stereocenters. The molecule has 0 aliphatic carbocycles. The van der Waals surface area contributed by atoms with Crippen molar-refractivity contribution in [1.29, 1.82) is 0 Å². The van der Waals surface area contributed by atoms with Crippen molar-refractivity contribution in [2.24, 2.45) is 5.73 Å². The van der Waals surface area contributed by atoms with Crippen molar-refractivity contribution in [1.82, 2.24) is 0 Å². The molecule has 3 heteroatoms. The molecule has 0 aliphatic heterocycles. The summed E-state index contributed by atoms with van der Waals surface area (Å²) in [6, 6.07) is 9.10. The number of benzene rings is 1. The lowest BCUT2D eigenvalue weighted by Crippen LogP contribution is -1.92. The van der Waals surface area contributed by atoms with E-state index in [0.717, 1.165) is 11.8 Å². The second kappa shape index (κ2) is 6.92. The standard InChI is InChI=1S/C7H6O.CH5NO/c8-6-7-4-2-1-3-5-7;2-1-3/h1-6H;3H,1-2H2. The first-order valence-electron chi connectivity index (χ1n) is 3.16. The molecule has 0 saturated heterocycles. The number of aldehydes is 1. The predicted molar refractivity (Wildman–Crippen MR) is 43.1 cm³/mol. The summed E-state index contributed by atoms with van der Waals surface area (Å²) in [5.41, 5.74) is 5.13. The van der Waals surface area contributed by atoms with Crippen LogP contribution < -0.4 is 5.73 Å². The van der Waals surface area contributed by atoms with Gasteiger partial charge >= 0.3 is 0 Å². The molecule has 0 fully saturated rings. The third kappa shape index (κ3) is 5.26. The lowest BCUT2D eigenvalue weighted by atomic mass is 10.2. The summed E-state index contributed by atoms with van der Waals surface area (Å²) in [7, 11) is 0. The van der Waals surface area contributed by atoms with Crippen molar-refractivity contribution in [2.75, 3.05) is 6.73 Å². The molecule has 0 heterocycles. The predicted octanol–water partition coefficient (Wildman–Crippen LogP) is 0.394. The summed E-state index contributed by atoms with van der Waals surface area (Å²) >= 11 is 0. The lowest BCUT2D eigenvalue weighted by molar-refractivity contribution is 0.112. The number of hydrogen-bond donors (Lipinski definition) is 2. The number of hydrogen-bond acceptors (Lipinski definition) is 3. The van der Waals surface area contributed by atoms with Crippen molar-refractivity contribution >= 4 is 6.29 Å². The molecule has 0 bridgehead atoms. The van der Waals surface area contributed by atoms with Gasteiger partial charge in [-0.3, -0.25) is 4.79 Å². The minimum absolute atomic E-state index is 0.250. The maximum atomic E-state index is 10.0. The average molecular weight is 153 g/mol. The van der Waals surface area contributed by atoms with Gasteiger partial charge in [-0.1, -0.05) is 30.3 Å². The Kier molecular flexibility index (Phi) is 6.17. The van der Waals surface area contributed by atoms with Crippen molar-refractivity contribution in [3.63, 3.8) is 0 Å². The Labute approximate surface area is 65.5 Å². The van der Waals surface area contributed by atoms with Crippen LogP contribution in [0.4, 0.5) is 0 Å². The number of aliphatic hydroxyl groups excluding tert-OH is 1. The number of rotatable bonds is 1. The molecule has 60 valence electrons. The molecule has 0 unspecified atom stereocenters. The second-order valence-corrected chi connectivity index (χ2v) is 1.71. The summed E-state index contributed by atoms with van der Waals surface area (Å²) in [6.45, 7) is -0.250. The molecule has 1 aromatic carbocycles. The maximum absolute atomic E-state index is 10.0. The SMILES string of the molecule is NCO.O=Cc1ccccc1. The molecule has 0 aliphatic rings. The zero-order valence-corrected chi connectivity index (χ0v) is 6.10. The van der Waals surface area contributed by atoms with Crippen molar-refractivity contribution < 1.29 is 9.90 Å². The number of carbonyl (C=O) groups is 1. The van der Waals surface area contributed by atoms with Gasteiger partial charge in [0.1, 0.15) is 6.29 Å². The quantitative estimate of drug-likeness (QED) is 0.453. The molecule has 0 radical (unpaired) electrons. The van der Waals surface area contributed by atoms with Gasteiger partial charge in [0.15, 0.2) is 0 Å². The largest absolute Gasteiger partial charge is 0.382 e. The van der Waals surface area contributed by atoms with E-state index < -0.39 is 0 Å². The average Bonchev–Trinajstić information content (AvgIpc) is 2.08. The molecular weight excluding hydrogens is 142 g/mol. The van der Waals surface area contributed by atoms with E-state index in [-0.39, 0.29) is 6.73 Å². The Morgan fingerprint density at radius 1 is 1.36 bits per heavy atom. The van der Waals surface area contributed by atoms with Gasteiger partial charge in [-0.2, -0.15) is 0 Å². The Balaban J connectivity index is 0.000000292. The fourth-order valence-electron chi connectivity index (χ4n) is 0.532. The first-order valence-corrected chi connectivity index (χ1v) is 3.16. The molecule has 0 aromatic heterocycles. The summed E-state index contributed by atoms with van der Waals surface area (Å²) in [5.74, 6) is 0. The third-order valence-corrected chi connectivity index (χ3v) is 0.936. The van der Waals surface area contributed by atoms with Gasteiger partial charge in [-0.05, 0) is 0 Å². The smallest absolute Gasteiger partial charge is 0.150 e. The van der Waals surface area contributed by atoms with Crippen molar-refractivity contribution in [3.05, 3.63) is 35.9 Å². The number of nitrogens with two attached hydrogens (primary N) is 1. The van der Waals surface area contributed by atoms with Gasteiger partial charge in [0.05, 0.1) is 6.73 Å². The highest BCUT2D eigenvalue weighted by Gasteiger charge is 1.79. The van der Waals surface area contributed by atoms with Crippen molar-refractivity contribution in [3.8, 4) is 0 Å². The Hall–Kier alpha value is -1.19. The van der Waals surface area contributed by atoms with Gasteiger partial charge in [0.25, 0.3) is 0 Å². The summed E-state index contributed by atoms with van der Waals surface area (Å²) in [4.78, 5) is 10.0. The number of aliphatic hydroxyl groups is 1. The van der Waals surface area contributed by atoms with Gasteiger partial charge in [0.2, 0.25) is 0 Å². The van der Waals surface area contributed by atoms with E-state index in [0.29, 0.717) is 0 Å². The molecular formula is C8H11NO2. The molecule has 1 rings (SSSR count). The minimum Gasteiger partial charge on any atom is -0.382 e. The molecule has 11 heavy (non-hydrogen) atoms. The fourth-order valence-corrected chi connectivity index (χ4v) is 0.532. The van der Waals surface area contributed by atoms with Gasteiger partial charge in [0, 0.05) is 5.56 Å². The molecule has 0 amide bonds. The molecule has 1 aromatic rings. The van der Waals surface area contributed by atoms with Crippen LogP contribution in [0.2, 0.25) is 0 Å². The van der Waals surface area contributed by atoms with E-state index in [1.54, 1.807) is 12.1 Å². The minimum atomic E-state index is -0.250. The van der Waals surface area contributed by atoms with E-state index in [4.69, 9.17) is 5.11 Å². The van der Waals surface area contributed by atoms with E-state index in [1.165, 1.54) is 0 Å². The lowest BCUT2D eigenvalue weighted by Gasteiger charge is -1.81. The topological polar surface area (TPSA) is 63.3 Å². The summed E-state index contributed by atoms with van der Waals surface area (Å²) in [6.07, 6.45) is 0.833. The van der Waals surface area contributed by atoms with E-state index in [9.17, 15) is 4.79 Å². The van der Waals surface area contributed by atoms with Crippen LogP contribution in [-0.4, -0.2) is 18.1 Å². The van der Waals surface area contributed by atoms with E-state index in [2.05, 4.69) is 5.73 Å². The van der Waals surface area contributed by atoms with Crippen LogP contribution in [0.25, 0.3) is 0 Å². The highest BCUT2D eigenvalue weighted by atomic mass is 16.3. The Morgan fingerprint density at radius 3 is 2.09 bits per heavy atom. The second-order valence-electron chi connectivity index (χ2n) is 1.71. The van der Waals surface area contributed by atoms with E-state index >= 15 is 0 Å². The highest BCUT2D eigenvalue weighted by molar-refractivity contribution is 5.74. The fraction of sp³-hybridized carbons (Fsp3) is 0.125. The monoisotopic (exact) mass is 153 g/mol. The van der Waals surface area contributed by atoms with Crippen LogP contribution in [0.3, 0.4) is 0 Å². The maximum Gasteiger partial charge on any atom is 0.150 e. The van der Waals surface area contributed by atoms with Gasteiger partial charge in [-0.15, -0.1) is 0 Å². The van der Waals surface area contributed by atoms with Crippen LogP contribution in [0.15, 0.2) is 30.3 Å². The molecule has 3 N–H and O–H groups in total. The van der Waals surface area contributed by atoms with E-state index in [1.807, 2.05) is 18.2 Å². The normalized spacial score (nSPS) is 7.82. The Bertz CT molecular complexity index is 187. The van der Waals surface area contributed by atoms with Crippen molar-refractivity contribution in [2.45, 2.75) is 0 Å². The zero-order chi connectivity index (χ0) is 8.53. The van der Waals surface area contributed by atoms with Crippen LogP contribution >= 0.6 is 0 Å². The van der Waals surface area contributed by atoms with Crippen LogP contribution in [0.5, 0.6) is 0 Å². The van der Waals surface area contributed by atoms with Gasteiger partial charge in [-0.25, -0.2) is 0 Å². The Morgan fingerprint density at radius 2 is 1.82 bits per heavy atom. The number of carbonyl (C=O) groups excluding carboxylic acids is 1.